The van der Waals surface area contributed by atoms with Gasteiger partial charge in [0.1, 0.15) is 12.4 Å². The first-order chi connectivity index (χ1) is 7.54. The van der Waals surface area contributed by atoms with Gasteiger partial charge < -0.3 is 14.7 Å². The fraction of sp³-hybridized carbons (Fsp3) is 0.455. The Labute approximate surface area is 106 Å². The average molecular weight is 264 g/mol. The van der Waals surface area contributed by atoms with Crippen LogP contribution in [0.25, 0.3) is 0 Å². The SMILES string of the molecule is CN(C)CCOc1c(Cl)cc(Cl)cc1CO. The Bertz CT molecular complexity index is 356. The van der Waals surface area contributed by atoms with Crippen molar-refractivity contribution in [2.45, 2.75) is 6.61 Å². The number of halogens is 2. The second kappa shape index (κ2) is 6.30. The molecular weight excluding hydrogens is 249 g/mol. The van der Waals surface area contributed by atoms with Gasteiger partial charge in [0, 0.05) is 17.1 Å². The van der Waals surface area contributed by atoms with Crippen molar-refractivity contribution in [3.8, 4) is 5.75 Å². The van der Waals surface area contributed by atoms with E-state index < -0.39 is 0 Å². The van der Waals surface area contributed by atoms with Crippen molar-refractivity contribution in [3.05, 3.63) is 27.7 Å². The van der Waals surface area contributed by atoms with E-state index in [2.05, 4.69) is 0 Å². The summed E-state index contributed by atoms with van der Waals surface area (Å²) in [5, 5.41) is 10.1. The zero-order valence-corrected chi connectivity index (χ0v) is 10.8. The van der Waals surface area contributed by atoms with Gasteiger partial charge in [-0.3, -0.25) is 0 Å². The first-order valence-electron chi connectivity index (χ1n) is 4.91. The van der Waals surface area contributed by atoms with Crippen molar-refractivity contribution in [1.29, 1.82) is 0 Å². The number of hydrogen-bond acceptors (Lipinski definition) is 3. The van der Waals surface area contributed by atoms with E-state index in [9.17, 15) is 0 Å². The molecule has 0 aliphatic heterocycles. The lowest BCUT2D eigenvalue weighted by atomic mass is 10.2. The highest BCUT2D eigenvalue weighted by atomic mass is 35.5. The maximum Gasteiger partial charge on any atom is 0.143 e. The molecule has 1 aromatic carbocycles. The normalized spacial score (nSPS) is 10.9. The predicted molar refractivity (Wildman–Crippen MR) is 66.4 cm³/mol. The van der Waals surface area contributed by atoms with Crippen molar-refractivity contribution in [1.82, 2.24) is 4.90 Å². The topological polar surface area (TPSA) is 32.7 Å². The summed E-state index contributed by atoms with van der Waals surface area (Å²) in [6, 6.07) is 3.26. The highest BCUT2D eigenvalue weighted by molar-refractivity contribution is 6.35. The van der Waals surface area contributed by atoms with Crippen LogP contribution in [-0.4, -0.2) is 37.3 Å². The van der Waals surface area contributed by atoms with Crippen LogP contribution in [0.2, 0.25) is 10.0 Å². The summed E-state index contributed by atoms with van der Waals surface area (Å²) in [5.74, 6) is 0.510. The van der Waals surface area contributed by atoms with Gasteiger partial charge in [0.05, 0.1) is 11.6 Å². The fourth-order valence-corrected chi connectivity index (χ4v) is 1.81. The van der Waals surface area contributed by atoms with Crippen molar-refractivity contribution >= 4 is 23.2 Å². The minimum atomic E-state index is -0.141. The molecule has 0 saturated heterocycles. The monoisotopic (exact) mass is 263 g/mol. The molecule has 3 nitrogen and oxygen atoms in total. The standard InChI is InChI=1S/C11H15Cl2NO2/c1-14(2)3-4-16-11-8(7-15)5-9(12)6-10(11)13/h5-6,15H,3-4,7H2,1-2H3. The molecule has 90 valence electrons. The van der Waals surface area contributed by atoms with E-state index in [1.54, 1.807) is 12.1 Å². The summed E-state index contributed by atoms with van der Waals surface area (Å²) in [6.07, 6.45) is 0. The molecule has 1 rings (SSSR count). The van der Waals surface area contributed by atoms with Crippen molar-refractivity contribution < 1.29 is 9.84 Å². The molecule has 0 amide bonds. The zero-order valence-electron chi connectivity index (χ0n) is 9.33. The summed E-state index contributed by atoms with van der Waals surface area (Å²) < 4.78 is 5.53. The summed E-state index contributed by atoms with van der Waals surface area (Å²) in [7, 11) is 3.92. The van der Waals surface area contributed by atoms with Crippen molar-refractivity contribution in [2.75, 3.05) is 27.2 Å². The Balaban J connectivity index is 2.77. The largest absolute Gasteiger partial charge is 0.490 e. The van der Waals surface area contributed by atoms with Gasteiger partial charge in [-0.05, 0) is 26.2 Å². The Kier molecular flexibility index (Phi) is 5.35. The van der Waals surface area contributed by atoms with Crippen LogP contribution in [-0.2, 0) is 6.61 Å². The van der Waals surface area contributed by atoms with Gasteiger partial charge in [0.15, 0.2) is 0 Å². The number of aliphatic hydroxyl groups is 1. The van der Waals surface area contributed by atoms with Gasteiger partial charge in [0.2, 0.25) is 0 Å². The molecule has 0 radical (unpaired) electrons. The second-order valence-corrected chi connectivity index (χ2v) is 4.53. The summed E-state index contributed by atoms with van der Waals surface area (Å²) in [6.45, 7) is 1.16. The number of nitrogens with zero attached hydrogens (tertiary/aromatic N) is 1. The molecule has 1 aromatic rings. The number of ether oxygens (including phenoxy) is 1. The molecule has 0 aliphatic carbocycles. The minimum absolute atomic E-state index is 0.141. The number of aliphatic hydroxyl groups excluding tert-OH is 1. The molecule has 0 atom stereocenters. The predicted octanol–water partition coefficient (Wildman–Crippen LogP) is 2.43. The molecule has 0 saturated carbocycles. The van der Waals surface area contributed by atoms with E-state index in [-0.39, 0.29) is 6.61 Å². The minimum Gasteiger partial charge on any atom is -0.490 e. The third kappa shape index (κ3) is 3.83. The average Bonchev–Trinajstić information content (AvgIpc) is 2.20. The lowest BCUT2D eigenvalue weighted by Crippen LogP contribution is -2.19. The van der Waals surface area contributed by atoms with E-state index in [0.29, 0.717) is 28.0 Å². The number of hydrogen-bond donors (Lipinski definition) is 1. The maximum absolute atomic E-state index is 9.17. The lowest BCUT2D eigenvalue weighted by Gasteiger charge is -2.14. The van der Waals surface area contributed by atoms with Crippen LogP contribution in [0.1, 0.15) is 5.56 Å². The summed E-state index contributed by atoms with van der Waals surface area (Å²) in [4.78, 5) is 2.00. The van der Waals surface area contributed by atoms with Crippen LogP contribution in [0.5, 0.6) is 5.75 Å². The molecule has 0 aliphatic rings. The van der Waals surface area contributed by atoms with E-state index in [1.165, 1.54) is 0 Å². The zero-order chi connectivity index (χ0) is 12.1. The number of rotatable bonds is 5. The van der Waals surface area contributed by atoms with E-state index in [4.69, 9.17) is 33.0 Å². The molecule has 1 N–H and O–H groups in total. The van der Waals surface area contributed by atoms with Crippen LogP contribution in [0.3, 0.4) is 0 Å². The van der Waals surface area contributed by atoms with Gasteiger partial charge >= 0.3 is 0 Å². The van der Waals surface area contributed by atoms with Gasteiger partial charge in [-0.1, -0.05) is 23.2 Å². The quantitative estimate of drug-likeness (QED) is 0.886. The van der Waals surface area contributed by atoms with Gasteiger partial charge in [-0.2, -0.15) is 0 Å². The molecule has 0 unspecified atom stereocenters. The van der Waals surface area contributed by atoms with Crippen LogP contribution in [0.4, 0.5) is 0 Å². The smallest absolute Gasteiger partial charge is 0.143 e. The fourth-order valence-electron chi connectivity index (χ4n) is 1.22. The third-order valence-corrected chi connectivity index (χ3v) is 2.54. The van der Waals surface area contributed by atoms with Crippen LogP contribution in [0, 0.1) is 0 Å². The van der Waals surface area contributed by atoms with Crippen LogP contribution < -0.4 is 4.74 Å². The summed E-state index contributed by atoms with van der Waals surface area (Å²) >= 11 is 11.8. The molecule has 0 bridgehead atoms. The lowest BCUT2D eigenvalue weighted by molar-refractivity contribution is 0.243. The van der Waals surface area contributed by atoms with Crippen LogP contribution >= 0.6 is 23.2 Å². The van der Waals surface area contributed by atoms with Crippen LogP contribution in [0.15, 0.2) is 12.1 Å². The highest BCUT2D eigenvalue weighted by Gasteiger charge is 2.10. The first kappa shape index (κ1) is 13.6. The maximum atomic E-state index is 9.17. The molecule has 16 heavy (non-hydrogen) atoms. The van der Waals surface area contributed by atoms with E-state index in [0.717, 1.165) is 6.54 Å². The molecular formula is C11H15Cl2NO2. The number of benzene rings is 1. The van der Waals surface area contributed by atoms with Gasteiger partial charge in [-0.15, -0.1) is 0 Å². The van der Waals surface area contributed by atoms with Crippen molar-refractivity contribution in [3.63, 3.8) is 0 Å². The molecule has 0 heterocycles. The second-order valence-electron chi connectivity index (χ2n) is 3.69. The van der Waals surface area contributed by atoms with Gasteiger partial charge in [-0.25, -0.2) is 0 Å². The highest BCUT2D eigenvalue weighted by Crippen LogP contribution is 2.32. The Morgan fingerprint density at radius 2 is 2.00 bits per heavy atom. The number of likely N-dealkylation sites (N-methyl/N-ethyl adjacent to an activating group) is 1. The van der Waals surface area contributed by atoms with Gasteiger partial charge in [0.25, 0.3) is 0 Å². The van der Waals surface area contributed by atoms with E-state index >= 15 is 0 Å². The first-order valence-corrected chi connectivity index (χ1v) is 5.66. The van der Waals surface area contributed by atoms with E-state index in [1.807, 2.05) is 19.0 Å². The summed E-state index contributed by atoms with van der Waals surface area (Å²) in [5.41, 5.74) is 0.608. The molecule has 5 heteroatoms. The molecule has 0 fully saturated rings. The molecule has 0 spiro atoms. The molecule has 0 aromatic heterocycles. The third-order valence-electron chi connectivity index (χ3n) is 2.04. The Morgan fingerprint density at radius 1 is 1.31 bits per heavy atom. The van der Waals surface area contributed by atoms with Crippen molar-refractivity contribution in [2.24, 2.45) is 0 Å². The Morgan fingerprint density at radius 3 is 2.56 bits per heavy atom. The Hall–Kier alpha value is -0.480.